The monoisotopic (exact) mass is 290 g/mol. The van der Waals surface area contributed by atoms with Crippen molar-refractivity contribution < 1.29 is 14.6 Å². The first-order valence-electron chi connectivity index (χ1n) is 7.18. The van der Waals surface area contributed by atoms with Crippen molar-refractivity contribution in [1.82, 2.24) is 10.2 Å². The number of nitrogens with zero attached hydrogens (tertiary/aromatic N) is 1. The molecule has 0 spiro atoms. The number of urea groups is 1. The van der Waals surface area contributed by atoms with Crippen molar-refractivity contribution in [1.29, 1.82) is 0 Å². The van der Waals surface area contributed by atoms with Gasteiger partial charge < -0.3 is 20.1 Å². The molecule has 5 heteroatoms. The van der Waals surface area contributed by atoms with Gasteiger partial charge in [0.2, 0.25) is 0 Å². The van der Waals surface area contributed by atoms with Crippen molar-refractivity contribution in [2.45, 2.75) is 18.6 Å². The molecule has 1 aromatic rings. The van der Waals surface area contributed by atoms with Crippen LogP contribution in [0.4, 0.5) is 4.79 Å². The maximum Gasteiger partial charge on any atom is 0.318 e. The number of benzene rings is 1. The molecule has 2 amide bonds. The van der Waals surface area contributed by atoms with Gasteiger partial charge >= 0.3 is 6.03 Å². The average molecular weight is 290 g/mol. The Bertz CT molecular complexity index is 464. The van der Waals surface area contributed by atoms with Crippen LogP contribution in [0, 0.1) is 0 Å². The number of hydrogen-bond acceptors (Lipinski definition) is 3. The molecule has 0 aromatic heterocycles. The summed E-state index contributed by atoms with van der Waals surface area (Å²) < 4.78 is 5.45. The van der Waals surface area contributed by atoms with Gasteiger partial charge in [-0.15, -0.1) is 6.58 Å². The summed E-state index contributed by atoms with van der Waals surface area (Å²) in [6, 6.07) is 9.21. The molecule has 1 fully saturated rings. The number of nitrogens with one attached hydrogen (secondary N) is 1. The molecule has 1 heterocycles. The van der Waals surface area contributed by atoms with Crippen molar-refractivity contribution in [3.63, 3.8) is 0 Å². The van der Waals surface area contributed by atoms with E-state index in [0.29, 0.717) is 32.7 Å². The molecule has 1 aliphatic rings. The fourth-order valence-electron chi connectivity index (χ4n) is 2.45. The van der Waals surface area contributed by atoms with Crippen LogP contribution in [-0.4, -0.2) is 48.4 Å². The van der Waals surface area contributed by atoms with E-state index in [4.69, 9.17) is 4.74 Å². The number of carbonyl (C=O) groups excluding carboxylic acids is 1. The molecule has 2 atom stereocenters. The second kappa shape index (κ2) is 7.81. The van der Waals surface area contributed by atoms with Crippen molar-refractivity contribution in [3.8, 4) is 0 Å². The fourth-order valence-corrected chi connectivity index (χ4v) is 2.45. The summed E-state index contributed by atoms with van der Waals surface area (Å²) in [5.74, 6) is 0. The highest BCUT2D eigenvalue weighted by atomic mass is 16.5. The highest BCUT2D eigenvalue weighted by molar-refractivity contribution is 5.74. The van der Waals surface area contributed by atoms with Gasteiger partial charge in [0, 0.05) is 19.5 Å². The minimum Gasteiger partial charge on any atom is -0.388 e. The topological polar surface area (TPSA) is 61.8 Å². The van der Waals surface area contributed by atoms with E-state index < -0.39 is 6.10 Å². The third-order valence-electron chi connectivity index (χ3n) is 3.57. The maximum absolute atomic E-state index is 12.1. The molecule has 21 heavy (non-hydrogen) atoms. The van der Waals surface area contributed by atoms with Gasteiger partial charge in [-0.2, -0.15) is 0 Å². The van der Waals surface area contributed by atoms with Gasteiger partial charge in [0.15, 0.2) is 0 Å². The molecule has 0 aliphatic carbocycles. The summed E-state index contributed by atoms with van der Waals surface area (Å²) in [4.78, 5) is 13.9. The van der Waals surface area contributed by atoms with Crippen molar-refractivity contribution in [3.05, 3.63) is 48.6 Å². The van der Waals surface area contributed by atoms with Gasteiger partial charge in [-0.05, 0) is 5.56 Å². The van der Waals surface area contributed by atoms with Crippen molar-refractivity contribution in [2.75, 3.05) is 26.3 Å². The number of aliphatic hydroxyl groups excluding tert-OH is 1. The van der Waals surface area contributed by atoms with E-state index in [1.807, 2.05) is 30.3 Å². The molecule has 2 N–H and O–H groups in total. The molecule has 114 valence electrons. The van der Waals surface area contributed by atoms with E-state index in [1.165, 1.54) is 0 Å². The highest BCUT2D eigenvalue weighted by Gasteiger charge is 2.29. The van der Waals surface area contributed by atoms with Crippen molar-refractivity contribution in [2.24, 2.45) is 0 Å². The van der Waals surface area contributed by atoms with Crippen LogP contribution in [0.5, 0.6) is 0 Å². The predicted octanol–water partition coefficient (Wildman–Crippen LogP) is 1.71. The number of morpholine rings is 1. The van der Waals surface area contributed by atoms with E-state index in [-0.39, 0.29) is 12.1 Å². The molecule has 5 nitrogen and oxygen atoms in total. The van der Waals surface area contributed by atoms with Gasteiger partial charge in [-0.1, -0.05) is 36.4 Å². The minimum atomic E-state index is -0.604. The summed E-state index contributed by atoms with van der Waals surface area (Å²) in [6.45, 7) is 5.54. The largest absolute Gasteiger partial charge is 0.388 e. The lowest BCUT2D eigenvalue weighted by Crippen LogP contribution is -2.52. The zero-order valence-electron chi connectivity index (χ0n) is 12.1. The SMILES string of the molecule is C=CCNC(=O)N1CCOC[C@H]1C[C@@H](O)c1ccccc1. The standard InChI is InChI=1S/C16H22N2O3/c1-2-8-17-16(20)18-9-10-21-12-14(18)11-15(19)13-6-4-3-5-7-13/h2-7,14-15,19H,1,8-12H2,(H,17,20)/t14-,15-/m1/s1. The fraction of sp³-hybridized carbons (Fsp3) is 0.438. The van der Waals surface area contributed by atoms with Gasteiger partial charge in [-0.25, -0.2) is 4.79 Å². The minimum absolute atomic E-state index is 0.126. The summed E-state index contributed by atoms with van der Waals surface area (Å²) in [6.07, 6.45) is 1.50. The lowest BCUT2D eigenvalue weighted by Gasteiger charge is -2.36. The number of rotatable bonds is 5. The van der Waals surface area contributed by atoms with Gasteiger partial charge in [0.1, 0.15) is 0 Å². The Balaban J connectivity index is 1.98. The van der Waals surface area contributed by atoms with Crippen LogP contribution < -0.4 is 5.32 Å². The second-order valence-electron chi connectivity index (χ2n) is 5.06. The number of amides is 2. The summed E-state index contributed by atoms with van der Waals surface area (Å²) in [5.41, 5.74) is 0.856. The summed E-state index contributed by atoms with van der Waals surface area (Å²) >= 11 is 0. The van der Waals surface area contributed by atoms with Crippen LogP contribution >= 0.6 is 0 Å². The number of carbonyl (C=O) groups is 1. The quantitative estimate of drug-likeness (QED) is 0.812. The third-order valence-corrected chi connectivity index (χ3v) is 3.57. The van der Waals surface area contributed by atoms with E-state index in [0.717, 1.165) is 5.56 Å². The van der Waals surface area contributed by atoms with Gasteiger partial charge in [0.25, 0.3) is 0 Å². The van der Waals surface area contributed by atoms with Crippen molar-refractivity contribution >= 4 is 6.03 Å². The zero-order valence-corrected chi connectivity index (χ0v) is 12.1. The average Bonchev–Trinajstić information content (AvgIpc) is 2.54. The Hall–Kier alpha value is -1.85. The van der Waals surface area contributed by atoms with Gasteiger partial charge in [-0.3, -0.25) is 0 Å². The van der Waals surface area contributed by atoms with Crippen LogP contribution in [0.2, 0.25) is 0 Å². The van der Waals surface area contributed by atoms with Crippen LogP contribution in [-0.2, 0) is 4.74 Å². The highest BCUT2D eigenvalue weighted by Crippen LogP contribution is 2.22. The molecular weight excluding hydrogens is 268 g/mol. The number of hydrogen-bond donors (Lipinski definition) is 2. The van der Waals surface area contributed by atoms with E-state index in [2.05, 4.69) is 11.9 Å². The lowest BCUT2D eigenvalue weighted by molar-refractivity contribution is -0.00674. The normalized spacial score (nSPS) is 19.9. The molecule has 1 aromatic carbocycles. The maximum atomic E-state index is 12.1. The van der Waals surface area contributed by atoms with Crippen LogP contribution in [0.1, 0.15) is 18.1 Å². The first kappa shape index (κ1) is 15.5. The second-order valence-corrected chi connectivity index (χ2v) is 5.06. The smallest absolute Gasteiger partial charge is 0.318 e. The van der Waals surface area contributed by atoms with Crippen LogP contribution in [0.25, 0.3) is 0 Å². The van der Waals surface area contributed by atoms with Gasteiger partial charge in [0.05, 0.1) is 25.4 Å². The van der Waals surface area contributed by atoms with E-state index >= 15 is 0 Å². The van der Waals surface area contributed by atoms with E-state index in [1.54, 1.807) is 11.0 Å². The van der Waals surface area contributed by atoms with Crippen LogP contribution in [0.3, 0.4) is 0 Å². The lowest BCUT2D eigenvalue weighted by atomic mass is 10.0. The number of aliphatic hydroxyl groups is 1. The predicted molar refractivity (Wildman–Crippen MR) is 80.9 cm³/mol. The molecular formula is C16H22N2O3. The summed E-state index contributed by atoms with van der Waals surface area (Å²) in [7, 11) is 0. The molecule has 0 saturated carbocycles. The Morgan fingerprint density at radius 3 is 3.00 bits per heavy atom. The first-order valence-corrected chi connectivity index (χ1v) is 7.18. The third kappa shape index (κ3) is 4.31. The zero-order chi connectivity index (χ0) is 15.1. The Labute approximate surface area is 125 Å². The molecule has 0 unspecified atom stereocenters. The molecule has 1 aliphatic heterocycles. The Morgan fingerprint density at radius 2 is 2.29 bits per heavy atom. The Kier molecular flexibility index (Phi) is 5.78. The summed E-state index contributed by atoms with van der Waals surface area (Å²) in [5, 5.41) is 13.1. The van der Waals surface area contributed by atoms with E-state index in [9.17, 15) is 9.90 Å². The first-order chi connectivity index (χ1) is 10.2. The molecule has 0 bridgehead atoms. The molecule has 2 rings (SSSR count). The van der Waals surface area contributed by atoms with Crippen LogP contribution in [0.15, 0.2) is 43.0 Å². The molecule has 0 radical (unpaired) electrons. The Morgan fingerprint density at radius 1 is 1.52 bits per heavy atom. The molecule has 1 saturated heterocycles. The number of ether oxygens (including phenoxy) is 1.